The summed E-state index contributed by atoms with van der Waals surface area (Å²) in [5.74, 6) is 0.959. The lowest BCUT2D eigenvalue weighted by Gasteiger charge is -2.46. The van der Waals surface area contributed by atoms with E-state index in [1.54, 1.807) is 12.0 Å². The zero-order chi connectivity index (χ0) is 21.6. The van der Waals surface area contributed by atoms with Crippen LogP contribution in [-0.4, -0.2) is 38.3 Å². The van der Waals surface area contributed by atoms with Gasteiger partial charge in [-0.25, -0.2) is 9.78 Å². The van der Waals surface area contributed by atoms with Gasteiger partial charge in [-0.2, -0.15) is 0 Å². The normalized spacial score (nSPS) is 22.2. The zero-order valence-electron chi connectivity index (χ0n) is 18.5. The number of nitrogens with zero attached hydrogens (tertiary/aromatic N) is 3. The van der Waals surface area contributed by atoms with Crippen LogP contribution in [0.25, 0.3) is 0 Å². The SMILES string of the molecule is COC(C)(C)c1cnc2n1[C@H](C)[C@H](c1ccccc1)C[C@@H]2N(C(=O)O)C(C)(C)C. The van der Waals surface area contributed by atoms with E-state index in [2.05, 4.69) is 23.6 Å². The Labute approximate surface area is 173 Å². The number of ether oxygens (including phenoxy) is 1. The van der Waals surface area contributed by atoms with Crippen molar-refractivity contribution >= 4 is 6.09 Å². The standard InChI is InChI=1S/C23H33N3O3/c1-15-17(16-11-9-8-10-12-16)13-18(26(21(27)28)22(2,3)4)20-24-14-19(25(15)20)23(5,6)29-7/h8-12,14-15,17-18H,13H2,1-7H3,(H,27,28)/t15-,17-,18+/m1/s1. The molecular weight excluding hydrogens is 366 g/mol. The highest BCUT2D eigenvalue weighted by Crippen LogP contribution is 2.48. The minimum atomic E-state index is -0.925. The van der Waals surface area contributed by atoms with Crippen molar-refractivity contribution in [2.45, 2.75) is 77.1 Å². The van der Waals surface area contributed by atoms with Gasteiger partial charge in [-0.05, 0) is 53.5 Å². The molecule has 0 spiro atoms. The topological polar surface area (TPSA) is 67.6 Å². The van der Waals surface area contributed by atoms with Crippen LogP contribution in [0.1, 0.15) is 83.0 Å². The van der Waals surface area contributed by atoms with E-state index in [1.165, 1.54) is 5.56 Å². The van der Waals surface area contributed by atoms with Gasteiger partial charge in [0.15, 0.2) is 0 Å². The van der Waals surface area contributed by atoms with E-state index in [0.29, 0.717) is 6.42 Å². The largest absolute Gasteiger partial charge is 0.465 e. The van der Waals surface area contributed by atoms with Gasteiger partial charge in [0, 0.05) is 24.6 Å². The first-order chi connectivity index (χ1) is 13.5. The van der Waals surface area contributed by atoms with Crippen LogP contribution in [-0.2, 0) is 10.3 Å². The number of hydrogen-bond acceptors (Lipinski definition) is 3. The van der Waals surface area contributed by atoms with Crippen molar-refractivity contribution in [1.82, 2.24) is 14.5 Å². The summed E-state index contributed by atoms with van der Waals surface area (Å²) in [5.41, 5.74) is 1.10. The first-order valence-corrected chi connectivity index (χ1v) is 10.2. The van der Waals surface area contributed by atoms with E-state index in [4.69, 9.17) is 9.72 Å². The fourth-order valence-electron chi connectivity index (χ4n) is 4.55. The highest BCUT2D eigenvalue weighted by atomic mass is 16.5. The number of benzene rings is 1. The van der Waals surface area contributed by atoms with Gasteiger partial charge in [0.1, 0.15) is 11.4 Å². The molecule has 0 unspecified atom stereocenters. The molecule has 0 saturated carbocycles. The smallest absolute Gasteiger partial charge is 0.408 e. The Bertz CT molecular complexity index is 867. The number of rotatable bonds is 4. The maximum atomic E-state index is 12.3. The fraction of sp³-hybridized carbons (Fsp3) is 0.565. The number of imidazole rings is 1. The third-order valence-corrected chi connectivity index (χ3v) is 6.19. The number of fused-ring (bicyclic) bond motifs is 1. The number of hydrogen-bond donors (Lipinski definition) is 1. The molecule has 0 bridgehead atoms. The molecule has 1 amide bonds. The van der Waals surface area contributed by atoms with E-state index in [0.717, 1.165) is 11.5 Å². The van der Waals surface area contributed by atoms with Crippen molar-refractivity contribution in [2.24, 2.45) is 0 Å². The Hall–Kier alpha value is -2.34. The molecule has 1 N–H and O–H groups in total. The highest BCUT2D eigenvalue weighted by Gasteiger charge is 2.45. The Kier molecular flexibility index (Phi) is 5.52. The Balaban J connectivity index is 2.21. The van der Waals surface area contributed by atoms with Gasteiger partial charge in [0.05, 0.1) is 17.9 Å². The molecule has 6 heteroatoms. The summed E-state index contributed by atoms with van der Waals surface area (Å²) in [4.78, 5) is 18.6. The average molecular weight is 400 g/mol. The number of aromatic nitrogens is 2. The molecule has 1 aromatic carbocycles. The first-order valence-electron chi connectivity index (χ1n) is 10.2. The zero-order valence-corrected chi connectivity index (χ0v) is 18.5. The van der Waals surface area contributed by atoms with Crippen molar-refractivity contribution in [2.75, 3.05) is 7.11 Å². The highest BCUT2D eigenvalue weighted by molar-refractivity contribution is 5.66. The van der Waals surface area contributed by atoms with Crippen LogP contribution in [0.5, 0.6) is 0 Å². The lowest BCUT2D eigenvalue weighted by atomic mass is 9.81. The van der Waals surface area contributed by atoms with Crippen LogP contribution < -0.4 is 0 Å². The molecule has 0 aliphatic carbocycles. The van der Waals surface area contributed by atoms with Gasteiger partial charge < -0.3 is 14.4 Å². The van der Waals surface area contributed by atoms with Gasteiger partial charge in [-0.3, -0.25) is 4.90 Å². The summed E-state index contributed by atoms with van der Waals surface area (Å²) in [6.45, 7) is 12.0. The summed E-state index contributed by atoms with van der Waals surface area (Å²) >= 11 is 0. The van der Waals surface area contributed by atoms with Crippen LogP contribution in [0.3, 0.4) is 0 Å². The van der Waals surface area contributed by atoms with Crippen molar-refractivity contribution in [3.63, 3.8) is 0 Å². The molecular formula is C23H33N3O3. The number of carbonyl (C=O) groups is 1. The monoisotopic (exact) mass is 399 g/mol. The maximum Gasteiger partial charge on any atom is 0.408 e. The van der Waals surface area contributed by atoms with Gasteiger partial charge in [-0.1, -0.05) is 30.3 Å². The maximum absolute atomic E-state index is 12.3. The summed E-state index contributed by atoms with van der Waals surface area (Å²) in [6.07, 6.45) is 1.61. The van der Waals surface area contributed by atoms with E-state index < -0.39 is 17.2 Å². The molecule has 6 nitrogen and oxygen atoms in total. The molecule has 0 fully saturated rings. The molecule has 3 atom stereocenters. The lowest BCUT2D eigenvalue weighted by Crippen LogP contribution is -2.50. The van der Waals surface area contributed by atoms with E-state index in [1.807, 2.05) is 59.0 Å². The first kappa shape index (κ1) is 21.4. The number of methoxy groups -OCH3 is 1. The molecule has 1 aliphatic heterocycles. The molecule has 2 aromatic rings. The summed E-state index contributed by atoms with van der Waals surface area (Å²) in [6, 6.07) is 10.1. The quantitative estimate of drug-likeness (QED) is 0.754. The Morgan fingerprint density at radius 1 is 1.21 bits per heavy atom. The molecule has 0 radical (unpaired) electrons. The molecule has 29 heavy (non-hydrogen) atoms. The third-order valence-electron chi connectivity index (χ3n) is 6.19. The van der Waals surface area contributed by atoms with Crippen molar-refractivity contribution in [1.29, 1.82) is 0 Å². The number of carboxylic acid groups (broad SMARTS) is 1. The predicted octanol–water partition coefficient (Wildman–Crippen LogP) is 5.33. The van der Waals surface area contributed by atoms with Crippen LogP contribution in [0.2, 0.25) is 0 Å². The van der Waals surface area contributed by atoms with Crippen molar-refractivity contribution < 1.29 is 14.6 Å². The second-order valence-corrected chi connectivity index (χ2v) is 9.42. The predicted molar refractivity (Wildman–Crippen MR) is 113 cm³/mol. The van der Waals surface area contributed by atoms with Gasteiger partial charge >= 0.3 is 6.09 Å². The Morgan fingerprint density at radius 2 is 1.83 bits per heavy atom. The summed E-state index contributed by atoms with van der Waals surface area (Å²) in [5, 5.41) is 10.1. The molecule has 2 heterocycles. The van der Waals surface area contributed by atoms with Crippen LogP contribution in [0.4, 0.5) is 4.79 Å². The lowest BCUT2D eigenvalue weighted by molar-refractivity contribution is 0.00738. The molecule has 0 saturated heterocycles. The van der Waals surface area contributed by atoms with Crippen LogP contribution in [0.15, 0.2) is 36.5 Å². The van der Waals surface area contributed by atoms with E-state index >= 15 is 0 Å². The van der Waals surface area contributed by atoms with Crippen LogP contribution >= 0.6 is 0 Å². The van der Waals surface area contributed by atoms with Crippen molar-refractivity contribution in [3.8, 4) is 0 Å². The van der Waals surface area contributed by atoms with Crippen LogP contribution in [0, 0.1) is 0 Å². The second kappa shape index (κ2) is 7.48. The summed E-state index contributed by atoms with van der Waals surface area (Å²) < 4.78 is 7.96. The second-order valence-electron chi connectivity index (χ2n) is 9.42. The Morgan fingerprint density at radius 3 is 2.34 bits per heavy atom. The van der Waals surface area contributed by atoms with Gasteiger partial charge in [0.2, 0.25) is 0 Å². The fourth-order valence-corrected chi connectivity index (χ4v) is 4.55. The van der Waals surface area contributed by atoms with Crippen molar-refractivity contribution in [3.05, 3.63) is 53.6 Å². The minimum absolute atomic E-state index is 0.131. The molecule has 1 aromatic heterocycles. The van der Waals surface area contributed by atoms with Gasteiger partial charge in [-0.15, -0.1) is 0 Å². The molecule has 158 valence electrons. The number of amides is 1. The third kappa shape index (κ3) is 3.78. The molecule has 1 aliphatic rings. The summed E-state index contributed by atoms with van der Waals surface area (Å²) in [7, 11) is 1.69. The molecule has 3 rings (SSSR count). The van der Waals surface area contributed by atoms with Gasteiger partial charge in [0.25, 0.3) is 0 Å². The van der Waals surface area contributed by atoms with E-state index in [9.17, 15) is 9.90 Å². The van der Waals surface area contributed by atoms with E-state index in [-0.39, 0.29) is 18.0 Å². The average Bonchev–Trinajstić information content (AvgIpc) is 3.10. The minimum Gasteiger partial charge on any atom is -0.465 e.